The summed E-state index contributed by atoms with van der Waals surface area (Å²) in [5, 5.41) is 19.0. The predicted molar refractivity (Wildman–Crippen MR) is 59.1 cm³/mol. The maximum atomic E-state index is 11.1. The molecule has 5 nitrogen and oxygen atoms in total. The number of ether oxygens (including phenoxy) is 1. The molecule has 16 heavy (non-hydrogen) atoms. The Labute approximate surface area is 95.3 Å². The normalized spacial score (nSPS) is 25.4. The molecule has 0 radical (unpaired) electrons. The molecular formula is C11H19NO4. The fraction of sp³-hybridized carbons (Fsp3) is 0.727. The number of carbonyl (C=O) groups is 1. The van der Waals surface area contributed by atoms with Gasteiger partial charge < -0.3 is 14.9 Å². The standard InChI is InChI=1S/C11H19NO4/c1-4-5-6-9(13)8-7-16-11(2,3)12(8)10(14)15/h4,8-9,13H,1,5-7H2,2-3H3,(H,14,15). The van der Waals surface area contributed by atoms with Crippen LogP contribution in [0.15, 0.2) is 12.7 Å². The number of hydrogen-bond acceptors (Lipinski definition) is 3. The molecule has 0 aromatic carbocycles. The Balaban J connectivity index is 2.73. The Morgan fingerprint density at radius 1 is 1.75 bits per heavy atom. The van der Waals surface area contributed by atoms with Crippen LogP contribution in [0.4, 0.5) is 4.79 Å². The highest BCUT2D eigenvalue weighted by atomic mass is 16.5. The van der Waals surface area contributed by atoms with Gasteiger partial charge in [0.1, 0.15) is 5.72 Å². The Morgan fingerprint density at radius 3 is 2.88 bits per heavy atom. The minimum atomic E-state index is -1.06. The van der Waals surface area contributed by atoms with Crippen molar-refractivity contribution in [2.75, 3.05) is 6.61 Å². The van der Waals surface area contributed by atoms with E-state index in [1.54, 1.807) is 19.9 Å². The van der Waals surface area contributed by atoms with Crippen LogP contribution in [0.3, 0.4) is 0 Å². The molecule has 1 saturated heterocycles. The van der Waals surface area contributed by atoms with Gasteiger partial charge in [-0.15, -0.1) is 6.58 Å². The van der Waals surface area contributed by atoms with Crippen molar-refractivity contribution in [3.8, 4) is 0 Å². The summed E-state index contributed by atoms with van der Waals surface area (Å²) >= 11 is 0. The first-order valence-corrected chi connectivity index (χ1v) is 5.35. The molecule has 92 valence electrons. The van der Waals surface area contributed by atoms with E-state index in [0.717, 1.165) is 0 Å². The molecule has 2 unspecified atom stereocenters. The third-order valence-electron chi connectivity index (χ3n) is 2.84. The lowest BCUT2D eigenvalue weighted by molar-refractivity contribution is -0.0467. The molecule has 5 heteroatoms. The monoisotopic (exact) mass is 229 g/mol. The molecule has 0 bridgehead atoms. The second-order valence-electron chi connectivity index (χ2n) is 4.41. The van der Waals surface area contributed by atoms with Crippen molar-refractivity contribution in [2.24, 2.45) is 0 Å². The number of aliphatic hydroxyl groups is 1. The summed E-state index contributed by atoms with van der Waals surface area (Å²) in [5.41, 5.74) is -0.869. The molecular weight excluding hydrogens is 210 g/mol. The van der Waals surface area contributed by atoms with E-state index in [2.05, 4.69) is 6.58 Å². The van der Waals surface area contributed by atoms with Gasteiger partial charge in [-0.1, -0.05) is 6.08 Å². The van der Waals surface area contributed by atoms with Gasteiger partial charge >= 0.3 is 6.09 Å². The van der Waals surface area contributed by atoms with Crippen LogP contribution < -0.4 is 0 Å². The molecule has 2 atom stereocenters. The van der Waals surface area contributed by atoms with E-state index >= 15 is 0 Å². The van der Waals surface area contributed by atoms with Gasteiger partial charge in [-0.3, -0.25) is 4.90 Å². The Hall–Kier alpha value is -1.07. The zero-order valence-electron chi connectivity index (χ0n) is 9.72. The van der Waals surface area contributed by atoms with Crippen molar-refractivity contribution >= 4 is 6.09 Å². The van der Waals surface area contributed by atoms with Crippen LogP contribution >= 0.6 is 0 Å². The van der Waals surface area contributed by atoms with Crippen LogP contribution in [0.25, 0.3) is 0 Å². The lowest BCUT2D eigenvalue weighted by atomic mass is 10.1. The third kappa shape index (κ3) is 2.54. The average molecular weight is 229 g/mol. The highest BCUT2D eigenvalue weighted by molar-refractivity contribution is 5.66. The van der Waals surface area contributed by atoms with Gasteiger partial charge in [-0.25, -0.2) is 4.79 Å². The summed E-state index contributed by atoms with van der Waals surface area (Å²) in [4.78, 5) is 12.3. The second kappa shape index (κ2) is 4.84. The van der Waals surface area contributed by atoms with Gasteiger partial charge in [0.2, 0.25) is 0 Å². The number of nitrogens with zero attached hydrogens (tertiary/aromatic N) is 1. The predicted octanol–water partition coefficient (Wildman–Crippen LogP) is 1.43. The molecule has 0 aromatic heterocycles. The molecule has 1 heterocycles. The van der Waals surface area contributed by atoms with Crippen LogP contribution in [0, 0.1) is 0 Å². The van der Waals surface area contributed by atoms with Crippen molar-refractivity contribution in [1.82, 2.24) is 4.90 Å². The van der Waals surface area contributed by atoms with Gasteiger partial charge in [-0.05, 0) is 26.7 Å². The fourth-order valence-corrected chi connectivity index (χ4v) is 1.97. The summed E-state index contributed by atoms with van der Waals surface area (Å²) < 4.78 is 5.39. The van der Waals surface area contributed by atoms with E-state index in [9.17, 15) is 9.90 Å². The zero-order valence-corrected chi connectivity index (χ0v) is 9.72. The minimum absolute atomic E-state index is 0.234. The van der Waals surface area contributed by atoms with Crippen LogP contribution in [0.5, 0.6) is 0 Å². The third-order valence-corrected chi connectivity index (χ3v) is 2.84. The van der Waals surface area contributed by atoms with E-state index in [1.165, 1.54) is 4.90 Å². The SMILES string of the molecule is C=CCCC(O)C1COC(C)(C)N1C(=O)O. The summed E-state index contributed by atoms with van der Waals surface area (Å²) in [7, 11) is 0. The largest absolute Gasteiger partial charge is 0.465 e. The molecule has 0 saturated carbocycles. The maximum Gasteiger partial charge on any atom is 0.409 e. The number of rotatable bonds is 4. The van der Waals surface area contributed by atoms with E-state index < -0.39 is 24.0 Å². The highest BCUT2D eigenvalue weighted by Crippen LogP contribution is 2.29. The van der Waals surface area contributed by atoms with Gasteiger partial charge in [0, 0.05) is 0 Å². The molecule has 0 aliphatic carbocycles. The lowest BCUT2D eigenvalue weighted by Crippen LogP contribution is -2.51. The highest BCUT2D eigenvalue weighted by Gasteiger charge is 2.46. The van der Waals surface area contributed by atoms with Gasteiger partial charge in [0.25, 0.3) is 0 Å². The Bertz CT molecular complexity index is 277. The van der Waals surface area contributed by atoms with Gasteiger partial charge in [0.05, 0.1) is 18.8 Å². The molecule has 1 fully saturated rings. The van der Waals surface area contributed by atoms with Crippen molar-refractivity contribution in [3.63, 3.8) is 0 Å². The van der Waals surface area contributed by atoms with E-state index in [0.29, 0.717) is 12.8 Å². The molecule has 1 rings (SSSR count). The van der Waals surface area contributed by atoms with Crippen molar-refractivity contribution in [3.05, 3.63) is 12.7 Å². The molecule has 1 amide bonds. The topological polar surface area (TPSA) is 70.0 Å². The Morgan fingerprint density at radius 2 is 2.38 bits per heavy atom. The number of allylic oxidation sites excluding steroid dienone is 1. The first-order valence-electron chi connectivity index (χ1n) is 5.35. The maximum absolute atomic E-state index is 11.1. The average Bonchev–Trinajstić information content (AvgIpc) is 2.50. The van der Waals surface area contributed by atoms with E-state index in [1.807, 2.05) is 0 Å². The number of hydrogen-bond donors (Lipinski definition) is 2. The van der Waals surface area contributed by atoms with Gasteiger partial charge in [-0.2, -0.15) is 0 Å². The van der Waals surface area contributed by atoms with Gasteiger partial charge in [0.15, 0.2) is 0 Å². The fourth-order valence-electron chi connectivity index (χ4n) is 1.97. The molecule has 2 N–H and O–H groups in total. The lowest BCUT2D eigenvalue weighted by Gasteiger charge is -2.32. The summed E-state index contributed by atoms with van der Waals surface area (Å²) in [6, 6.07) is -0.493. The number of carboxylic acid groups (broad SMARTS) is 1. The number of amides is 1. The molecule has 0 aromatic rings. The molecule has 0 spiro atoms. The summed E-state index contributed by atoms with van der Waals surface area (Å²) in [5.74, 6) is 0. The smallest absolute Gasteiger partial charge is 0.409 e. The summed E-state index contributed by atoms with van der Waals surface area (Å²) in [6.07, 6.45) is 1.08. The summed E-state index contributed by atoms with van der Waals surface area (Å²) in [6.45, 7) is 7.17. The molecule has 1 aliphatic rings. The quantitative estimate of drug-likeness (QED) is 0.715. The van der Waals surface area contributed by atoms with Crippen LogP contribution in [0.2, 0.25) is 0 Å². The van der Waals surface area contributed by atoms with Crippen LogP contribution in [-0.4, -0.2) is 45.7 Å². The first-order chi connectivity index (χ1) is 7.40. The van der Waals surface area contributed by atoms with Crippen LogP contribution in [-0.2, 0) is 4.74 Å². The van der Waals surface area contributed by atoms with Crippen LogP contribution in [0.1, 0.15) is 26.7 Å². The Kier molecular flexibility index (Phi) is 3.93. The van der Waals surface area contributed by atoms with E-state index in [4.69, 9.17) is 9.84 Å². The minimum Gasteiger partial charge on any atom is -0.465 e. The van der Waals surface area contributed by atoms with E-state index in [-0.39, 0.29) is 6.61 Å². The molecule has 1 aliphatic heterocycles. The first kappa shape index (κ1) is 13.0. The van der Waals surface area contributed by atoms with Crippen molar-refractivity contribution in [1.29, 1.82) is 0 Å². The van der Waals surface area contributed by atoms with Crippen molar-refractivity contribution in [2.45, 2.75) is 44.6 Å². The van der Waals surface area contributed by atoms with Crippen molar-refractivity contribution < 1.29 is 19.7 Å². The zero-order chi connectivity index (χ0) is 12.3. The number of aliphatic hydroxyl groups excluding tert-OH is 1. The second-order valence-corrected chi connectivity index (χ2v) is 4.41.